The highest BCUT2D eigenvalue weighted by atomic mass is 16.5. The molecule has 7 heteroatoms. The molecule has 0 aromatic heterocycles. The van der Waals surface area contributed by atoms with E-state index in [0.29, 0.717) is 22.6 Å². The van der Waals surface area contributed by atoms with Crippen LogP contribution in [0.3, 0.4) is 0 Å². The average molecular weight is 465 g/mol. The molecule has 1 aliphatic rings. The number of amides is 2. The first kappa shape index (κ1) is 23.4. The quantitative estimate of drug-likeness (QED) is 0.353. The number of hydrogen-bond donors (Lipinski definition) is 2. The molecule has 3 aromatic rings. The summed E-state index contributed by atoms with van der Waals surface area (Å²) < 4.78 is 5.81. The third-order valence-corrected chi connectivity index (χ3v) is 5.05. The summed E-state index contributed by atoms with van der Waals surface area (Å²) in [7, 11) is 0. The van der Waals surface area contributed by atoms with Gasteiger partial charge in [0.25, 0.3) is 11.8 Å². The molecule has 0 saturated heterocycles. The third-order valence-electron chi connectivity index (χ3n) is 5.05. The van der Waals surface area contributed by atoms with Crippen LogP contribution in [0.5, 0.6) is 11.5 Å². The van der Waals surface area contributed by atoms with Crippen LogP contribution in [0, 0.1) is 0 Å². The van der Waals surface area contributed by atoms with Gasteiger partial charge in [0.1, 0.15) is 11.5 Å². The van der Waals surface area contributed by atoms with Crippen LogP contribution in [0.2, 0.25) is 0 Å². The van der Waals surface area contributed by atoms with E-state index in [1.807, 2.05) is 36.4 Å². The van der Waals surface area contributed by atoms with Crippen molar-refractivity contribution >= 4 is 24.2 Å². The van der Waals surface area contributed by atoms with Gasteiger partial charge < -0.3 is 4.74 Å². The monoisotopic (exact) mass is 464 g/mol. The Morgan fingerprint density at radius 2 is 1.29 bits per heavy atom. The zero-order chi connectivity index (χ0) is 24.3. The second kappa shape index (κ2) is 11.9. The van der Waals surface area contributed by atoms with Crippen LogP contribution in [-0.4, -0.2) is 24.2 Å². The Balaban J connectivity index is 1.27. The minimum atomic E-state index is -0.322. The maximum atomic E-state index is 12.3. The van der Waals surface area contributed by atoms with Crippen molar-refractivity contribution in [1.82, 2.24) is 10.9 Å². The summed E-state index contributed by atoms with van der Waals surface area (Å²) in [6, 6.07) is 22.9. The largest absolute Gasteiger partial charge is 0.457 e. The van der Waals surface area contributed by atoms with E-state index in [2.05, 4.69) is 33.2 Å². The summed E-state index contributed by atoms with van der Waals surface area (Å²) in [6.07, 6.45) is 11.3. The topological polar surface area (TPSA) is 92.1 Å². The lowest BCUT2D eigenvalue weighted by atomic mass is 10.1. The Kier molecular flexibility index (Phi) is 7.95. The van der Waals surface area contributed by atoms with Crippen LogP contribution in [0.15, 0.2) is 113 Å². The third kappa shape index (κ3) is 7.10. The number of carbonyl (C=O) groups is 2. The molecule has 0 saturated carbocycles. The van der Waals surface area contributed by atoms with Crippen molar-refractivity contribution in [2.45, 2.75) is 12.8 Å². The molecule has 0 radical (unpaired) electrons. The second-order valence-electron chi connectivity index (χ2n) is 7.64. The minimum Gasteiger partial charge on any atom is -0.457 e. The zero-order valence-corrected chi connectivity index (χ0v) is 18.9. The first-order valence-corrected chi connectivity index (χ1v) is 11.1. The summed E-state index contributed by atoms with van der Waals surface area (Å²) in [6.45, 7) is 0. The van der Waals surface area contributed by atoms with Crippen molar-refractivity contribution < 1.29 is 14.3 Å². The highest BCUT2D eigenvalue weighted by Gasteiger charge is 2.07. The lowest BCUT2D eigenvalue weighted by Crippen LogP contribution is -2.17. The van der Waals surface area contributed by atoms with E-state index in [1.165, 1.54) is 0 Å². The lowest BCUT2D eigenvalue weighted by molar-refractivity contribution is 0.0947. The molecular weight excluding hydrogens is 440 g/mol. The van der Waals surface area contributed by atoms with Crippen LogP contribution in [-0.2, 0) is 0 Å². The number of carbonyl (C=O) groups excluding carboxylic acids is 2. The fraction of sp³-hybridized carbons (Fsp3) is 0.0714. The molecular formula is C28H24N4O3. The van der Waals surface area contributed by atoms with Crippen molar-refractivity contribution in [2.75, 3.05) is 0 Å². The smallest absolute Gasteiger partial charge is 0.271 e. The molecule has 0 unspecified atom stereocenters. The van der Waals surface area contributed by atoms with Crippen molar-refractivity contribution in [3.8, 4) is 11.5 Å². The van der Waals surface area contributed by atoms with E-state index in [-0.39, 0.29) is 11.8 Å². The van der Waals surface area contributed by atoms with Crippen LogP contribution in [0.1, 0.15) is 39.1 Å². The molecule has 0 fully saturated rings. The lowest BCUT2D eigenvalue weighted by Gasteiger charge is -2.07. The second-order valence-corrected chi connectivity index (χ2v) is 7.64. The van der Waals surface area contributed by atoms with Gasteiger partial charge in [-0.15, -0.1) is 0 Å². The van der Waals surface area contributed by atoms with Crippen molar-refractivity contribution in [3.05, 3.63) is 119 Å². The number of nitrogens with zero attached hydrogens (tertiary/aromatic N) is 2. The van der Waals surface area contributed by atoms with Crippen LogP contribution >= 0.6 is 0 Å². The number of hydrazone groups is 2. The van der Waals surface area contributed by atoms with Gasteiger partial charge in [-0.1, -0.05) is 48.6 Å². The number of allylic oxidation sites excluding steroid dienone is 4. The van der Waals surface area contributed by atoms with E-state index in [4.69, 9.17) is 4.74 Å². The normalized spacial score (nSPS) is 13.0. The summed E-state index contributed by atoms with van der Waals surface area (Å²) in [4.78, 5) is 24.5. The van der Waals surface area contributed by atoms with Crippen molar-refractivity contribution in [3.63, 3.8) is 0 Å². The molecule has 2 N–H and O–H groups in total. The molecule has 4 rings (SSSR count). The van der Waals surface area contributed by atoms with Crippen LogP contribution in [0.4, 0.5) is 0 Å². The molecule has 2 amide bonds. The van der Waals surface area contributed by atoms with Gasteiger partial charge in [0.15, 0.2) is 0 Å². The molecule has 174 valence electrons. The highest BCUT2D eigenvalue weighted by Crippen LogP contribution is 2.22. The molecule has 7 nitrogen and oxygen atoms in total. The van der Waals surface area contributed by atoms with E-state index in [1.54, 1.807) is 61.0 Å². The van der Waals surface area contributed by atoms with Crippen LogP contribution < -0.4 is 15.6 Å². The van der Waals surface area contributed by atoms with Crippen molar-refractivity contribution in [2.24, 2.45) is 10.2 Å². The molecule has 0 atom stereocenters. The van der Waals surface area contributed by atoms with E-state index in [0.717, 1.165) is 24.0 Å². The number of ether oxygens (including phenoxy) is 1. The van der Waals surface area contributed by atoms with Crippen LogP contribution in [0.25, 0.3) is 0 Å². The number of benzene rings is 3. The van der Waals surface area contributed by atoms with Gasteiger partial charge in [-0.3, -0.25) is 9.59 Å². The molecule has 0 spiro atoms. The predicted molar refractivity (Wildman–Crippen MR) is 137 cm³/mol. The van der Waals surface area contributed by atoms with E-state index in [9.17, 15) is 9.59 Å². The molecule has 0 heterocycles. The first-order valence-electron chi connectivity index (χ1n) is 11.1. The Hall–Kier alpha value is -4.78. The van der Waals surface area contributed by atoms with Gasteiger partial charge >= 0.3 is 0 Å². The Labute approximate surface area is 203 Å². The first-order chi connectivity index (χ1) is 17.2. The summed E-state index contributed by atoms with van der Waals surface area (Å²) in [5.74, 6) is 0.494. The van der Waals surface area contributed by atoms with Gasteiger partial charge in [-0.2, -0.15) is 10.2 Å². The maximum absolute atomic E-state index is 12.3. The fourth-order valence-electron chi connectivity index (χ4n) is 3.21. The average Bonchev–Trinajstić information content (AvgIpc) is 2.90. The zero-order valence-electron chi connectivity index (χ0n) is 18.9. The summed E-state index contributed by atoms with van der Waals surface area (Å²) in [5, 5.41) is 7.97. The van der Waals surface area contributed by atoms with Gasteiger partial charge in [-0.25, -0.2) is 10.9 Å². The number of hydrogen-bond acceptors (Lipinski definition) is 5. The summed E-state index contributed by atoms with van der Waals surface area (Å²) in [5.41, 5.74) is 7.81. The van der Waals surface area contributed by atoms with E-state index >= 15 is 0 Å². The predicted octanol–water partition coefficient (Wildman–Crippen LogP) is 5.23. The highest BCUT2D eigenvalue weighted by molar-refractivity contribution is 5.95. The van der Waals surface area contributed by atoms with Crippen molar-refractivity contribution in [1.29, 1.82) is 0 Å². The Bertz CT molecular complexity index is 1280. The molecule has 35 heavy (non-hydrogen) atoms. The molecule has 1 aliphatic carbocycles. The summed E-state index contributed by atoms with van der Waals surface area (Å²) >= 11 is 0. The number of rotatable bonds is 8. The van der Waals surface area contributed by atoms with Gasteiger partial charge in [0, 0.05) is 11.1 Å². The SMILES string of the molecule is O=C(N/N=C/C1=CCCC=C1)c1ccc(Oc2ccc(C(=O)N/N=C/c3ccccc3)cc2)cc1. The van der Waals surface area contributed by atoms with Gasteiger partial charge in [-0.05, 0) is 72.5 Å². The minimum absolute atomic E-state index is 0.307. The van der Waals surface area contributed by atoms with E-state index < -0.39 is 0 Å². The Morgan fingerprint density at radius 1 is 0.714 bits per heavy atom. The Morgan fingerprint density at radius 3 is 1.83 bits per heavy atom. The molecule has 3 aromatic carbocycles. The maximum Gasteiger partial charge on any atom is 0.271 e. The van der Waals surface area contributed by atoms with Gasteiger partial charge in [0.2, 0.25) is 0 Å². The number of nitrogens with one attached hydrogen (secondary N) is 2. The van der Waals surface area contributed by atoms with Gasteiger partial charge in [0.05, 0.1) is 12.4 Å². The fourth-order valence-corrected chi connectivity index (χ4v) is 3.21. The molecule has 0 aliphatic heterocycles. The standard InChI is InChI=1S/C28H24N4O3/c33-27(31-29-19-21-7-3-1-4-8-21)23-11-15-25(16-12-23)35-26-17-13-24(14-18-26)28(34)32-30-20-22-9-5-2-6-10-22/h1,3-5,7-20H,2,6H2,(H,31,33)(H,32,34)/b29-19+,30-20+. The molecule has 0 bridgehead atoms.